The van der Waals surface area contributed by atoms with Crippen LogP contribution in [0.5, 0.6) is 0 Å². The lowest BCUT2D eigenvalue weighted by Crippen LogP contribution is -2.02. The molecule has 0 aromatic carbocycles. The number of hydrogen-bond donors (Lipinski definition) is 0. The van der Waals surface area contributed by atoms with Crippen LogP contribution in [0.2, 0.25) is 0 Å². The first kappa shape index (κ1) is 12.0. The van der Waals surface area contributed by atoms with Gasteiger partial charge in [0.25, 0.3) is 0 Å². The molecule has 0 saturated carbocycles. The van der Waals surface area contributed by atoms with Crippen molar-refractivity contribution in [2.45, 2.75) is 45.2 Å². The molecule has 0 N–H and O–H groups in total. The predicted octanol–water partition coefficient (Wildman–Crippen LogP) is 4.56. The van der Waals surface area contributed by atoms with E-state index < -0.39 is 0 Å². The van der Waals surface area contributed by atoms with Gasteiger partial charge in [-0.1, -0.05) is 58.9 Å². The molecule has 0 spiro atoms. The lowest BCUT2D eigenvalue weighted by molar-refractivity contribution is 0.865. The molecule has 1 rings (SSSR count). The number of unbranched alkanes of at least 4 members (excludes halogenated alkanes) is 2. The summed E-state index contributed by atoms with van der Waals surface area (Å²) < 4.78 is 0. The van der Waals surface area contributed by atoms with E-state index in [1.165, 1.54) is 38.0 Å². The molecule has 14 heavy (non-hydrogen) atoms. The van der Waals surface area contributed by atoms with E-state index in [1.807, 2.05) is 0 Å². The van der Waals surface area contributed by atoms with Gasteiger partial charge in [0.1, 0.15) is 0 Å². The molecule has 0 bridgehead atoms. The van der Waals surface area contributed by atoms with Gasteiger partial charge in [0.05, 0.1) is 0 Å². The van der Waals surface area contributed by atoms with Gasteiger partial charge in [-0.05, 0) is 25.2 Å². The molecule has 1 aliphatic rings. The van der Waals surface area contributed by atoms with E-state index in [9.17, 15) is 0 Å². The van der Waals surface area contributed by atoms with E-state index in [-0.39, 0.29) is 7.92 Å². The van der Waals surface area contributed by atoms with Gasteiger partial charge in [0.2, 0.25) is 0 Å². The number of allylic oxidation sites excluding steroid dienone is 4. The molecule has 80 valence electrons. The Morgan fingerprint density at radius 3 is 1.86 bits per heavy atom. The van der Waals surface area contributed by atoms with Crippen LogP contribution in [0.1, 0.15) is 39.5 Å². The summed E-state index contributed by atoms with van der Waals surface area (Å²) in [4.78, 5) is 0. The van der Waals surface area contributed by atoms with Gasteiger partial charge in [0, 0.05) is 5.66 Å². The molecule has 0 radical (unpaired) electrons. The number of rotatable bonds is 7. The molecule has 0 amide bonds. The van der Waals surface area contributed by atoms with Gasteiger partial charge >= 0.3 is 0 Å². The van der Waals surface area contributed by atoms with Crippen LogP contribution in [0.3, 0.4) is 0 Å². The summed E-state index contributed by atoms with van der Waals surface area (Å²) >= 11 is 0. The Kier molecular flexibility index (Phi) is 6.19. The van der Waals surface area contributed by atoms with Crippen LogP contribution in [-0.4, -0.2) is 18.0 Å². The summed E-state index contributed by atoms with van der Waals surface area (Å²) in [6, 6.07) is 0. The maximum atomic E-state index is 2.40. The summed E-state index contributed by atoms with van der Waals surface area (Å²) in [6.45, 7) is 4.60. The van der Waals surface area contributed by atoms with E-state index in [0.29, 0.717) is 0 Å². The van der Waals surface area contributed by atoms with E-state index in [0.717, 1.165) is 5.66 Å². The fourth-order valence-electron chi connectivity index (χ4n) is 1.80. The van der Waals surface area contributed by atoms with E-state index >= 15 is 0 Å². The normalized spacial score (nSPS) is 15.9. The Labute approximate surface area is 90.2 Å². The average Bonchev–Trinajstić information content (AvgIpc) is 2.71. The molecule has 0 unspecified atom stereocenters. The molecule has 1 aliphatic carbocycles. The molecule has 0 heterocycles. The van der Waals surface area contributed by atoms with Crippen molar-refractivity contribution in [3.8, 4) is 0 Å². The second kappa shape index (κ2) is 7.23. The molecule has 1 heteroatoms. The van der Waals surface area contributed by atoms with Gasteiger partial charge in [0.15, 0.2) is 0 Å². The molecule has 0 fully saturated rings. The molecule has 0 aromatic rings. The first-order valence-corrected chi connectivity index (χ1v) is 7.75. The Bertz CT molecular complexity index is 173. The summed E-state index contributed by atoms with van der Waals surface area (Å²) in [6.07, 6.45) is 17.7. The van der Waals surface area contributed by atoms with Crippen molar-refractivity contribution in [1.29, 1.82) is 0 Å². The van der Waals surface area contributed by atoms with Gasteiger partial charge in [-0.25, -0.2) is 0 Å². The van der Waals surface area contributed by atoms with E-state index in [4.69, 9.17) is 0 Å². The SMILES string of the molecule is CCCCP(CCCC)C1C=CC=C1. The highest BCUT2D eigenvalue weighted by Crippen LogP contribution is 2.45. The van der Waals surface area contributed by atoms with Crippen LogP contribution < -0.4 is 0 Å². The molecular weight excluding hydrogens is 187 g/mol. The van der Waals surface area contributed by atoms with Crippen molar-refractivity contribution in [2.24, 2.45) is 0 Å². The summed E-state index contributed by atoms with van der Waals surface area (Å²) in [5.41, 5.74) is 0.808. The van der Waals surface area contributed by atoms with Crippen molar-refractivity contribution in [3.63, 3.8) is 0 Å². The molecule has 0 saturated heterocycles. The Morgan fingerprint density at radius 1 is 0.929 bits per heavy atom. The van der Waals surface area contributed by atoms with E-state index in [2.05, 4.69) is 38.2 Å². The third kappa shape index (κ3) is 3.96. The highest BCUT2D eigenvalue weighted by Gasteiger charge is 2.16. The highest BCUT2D eigenvalue weighted by molar-refractivity contribution is 7.58. The van der Waals surface area contributed by atoms with Gasteiger partial charge in [-0.2, -0.15) is 0 Å². The zero-order valence-electron chi connectivity index (χ0n) is 9.58. The first-order chi connectivity index (χ1) is 6.88. The first-order valence-electron chi connectivity index (χ1n) is 5.97. The van der Waals surface area contributed by atoms with Crippen LogP contribution in [0.4, 0.5) is 0 Å². The topological polar surface area (TPSA) is 0 Å². The summed E-state index contributed by atoms with van der Waals surface area (Å²) in [7, 11) is 0.253. The van der Waals surface area contributed by atoms with Gasteiger partial charge < -0.3 is 0 Å². The standard InChI is InChI=1S/C13H23P/c1-3-5-11-14(12-6-4-2)13-9-7-8-10-13/h7-10,13H,3-6,11-12H2,1-2H3. The second-order valence-electron chi connectivity index (χ2n) is 4.00. The maximum absolute atomic E-state index is 2.40. The average molecular weight is 210 g/mol. The molecular formula is C13H23P. The van der Waals surface area contributed by atoms with Gasteiger partial charge in [-0.15, -0.1) is 0 Å². The van der Waals surface area contributed by atoms with Crippen molar-refractivity contribution in [3.05, 3.63) is 24.3 Å². The monoisotopic (exact) mass is 210 g/mol. The van der Waals surface area contributed by atoms with Crippen LogP contribution >= 0.6 is 7.92 Å². The zero-order valence-corrected chi connectivity index (χ0v) is 10.5. The fourth-order valence-corrected chi connectivity index (χ4v) is 4.75. The molecule has 0 aromatic heterocycles. The minimum absolute atomic E-state index is 0.253. The molecule has 0 atom stereocenters. The quantitative estimate of drug-likeness (QED) is 0.540. The zero-order chi connectivity index (χ0) is 10.2. The third-order valence-corrected chi connectivity index (χ3v) is 5.72. The molecule has 0 nitrogen and oxygen atoms in total. The van der Waals surface area contributed by atoms with Crippen LogP contribution in [-0.2, 0) is 0 Å². The summed E-state index contributed by atoms with van der Waals surface area (Å²) in [5.74, 6) is 0. The van der Waals surface area contributed by atoms with Gasteiger partial charge in [-0.3, -0.25) is 0 Å². The maximum Gasteiger partial charge on any atom is 0.0156 e. The van der Waals surface area contributed by atoms with Crippen molar-refractivity contribution < 1.29 is 0 Å². The van der Waals surface area contributed by atoms with Crippen LogP contribution in [0.15, 0.2) is 24.3 Å². The Hall–Kier alpha value is -0.0900. The van der Waals surface area contributed by atoms with Crippen molar-refractivity contribution in [2.75, 3.05) is 12.3 Å². The molecule has 0 aliphatic heterocycles. The van der Waals surface area contributed by atoms with E-state index in [1.54, 1.807) is 0 Å². The van der Waals surface area contributed by atoms with Crippen molar-refractivity contribution >= 4 is 7.92 Å². The largest absolute Gasteiger partial charge is 0.0957 e. The summed E-state index contributed by atoms with van der Waals surface area (Å²) in [5, 5.41) is 0. The lowest BCUT2D eigenvalue weighted by Gasteiger charge is -2.21. The highest BCUT2D eigenvalue weighted by atomic mass is 31.1. The van der Waals surface area contributed by atoms with Crippen LogP contribution in [0.25, 0.3) is 0 Å². The smallest absolute Gasteiger partial charge is 0.0156 e. The third-order valence-electron chi connectivity index (χ3n) is 2.75. The number of hydrogen-bond acceptors (Lipinski definition) is 0. The fraction of sp³-hybridized carbons (Fsp3) is 0.692. The Morgan fingerprint density at radius 2 is 1.43 bits per heavy atom. The van der Waals surface area contributed by atoms with Crippen LogP contribution in [0, 0.1) is 0 Å². The van der Waals surface area contributed by atoms with Crippen molar-refractivity contribution in [1.82, 2.24) is 0 Å². The minimum atomic E-state index is 0.253. The second-order valence-corrected chi connectivity index (χ2v) is 6.67. The predicted molar refractivity (Wildman–Crippen MR) is 68.5 cm³/mol. The Balaban J connectivity index is 2.35. The lowest BCUT2D eigenvalue weighted by atomic mass is 10.4. The minimum Gasteiger partial charge on any atom is -0.0957 e.